The molecule has 0 N–H and O–H groups in total. The average Bonchev–Trinajstić information content (AvgIpc) is 2.79. The fourth-order valence-electron chi connectivity index (χ4n) is 3.33. The summed E-state index contributed by atoms with van der Waals surface area (Å²) in [5.41, 5.74) is 2.82. The number of likely N-dealkylation sites (N-methyl/N-ethyl adjacent to an activating group) is 1. The Labute approximate surface area is 134 Å². The number of hydrogen-bond donors (Lipinski definition) is 0. The maximum absolute atomic E-state index is 2.61. The number of aromatic nitrogens is 1. The van der Waals surface area contributed by atoms with Crippen molar-refractivity contribution in [2.45, 2.75) is 32.7 Å². The smallest absolute Gasteiger partial charge is 0.0483 e. The van der Waals surface area contributed by atoms with Crippen molar-refractivity contribution in [3.8, 4) is 0 Å². The van der Waals surface area contributed by atoms with Gasteiger partial charge in [0.2, 0.25) is 0 Å². The van der Waals surface area contributed by atoms with Crippen LogP contribution in [0.2, 0.25) is 0 Å². The van der Waals surface area contributed by atoms with E-state index in [9.17, 15) is 0 Å². The largest absolute Gasteiger partial charge is 0.346 e. The first-order valence-corrected chi connectivity index (χ1v) is 8.63. The van der Waals surface area contributed by atoms with Crippen LogP contribution >= 0.6 is 0 Å². The van der Waals surface area contributed by atoms with E-state index in [2.05, 4.69) is 65.7 Å². The maximum atomic E-state index is 2.61. The van der Waals surface area contributed by atoms with Crippen molar-refractivity contribution in [2.24, 2.45) is 0 Å². The van der Waals surface area contributed by atoms with Crippen LogP contribution in [-0.2, 0) is 6.54 Å². The molecule has 0 radical (unpaired) electrons. The Morgan fingerprint density at radius 1 is 1.00 bits per heavy atom. The van der Waals surface area contributed by atoms with Gasteiger partial charge in [-0.1, -0.05) is 26.0 Å². The molecule has 1 aromatic carbocycles. The molecular weight excluding hydrogens is 270 g/mol. The zero-order chi connectivity index (χ0) is 15.5. The summed E-state index contributed by atoms with van der Waals surface area (Å²) in [6.45, 7) is 11.7. The second-order valence-corrected chi connectivity index (χ2v) is 6.98. The monoisotopic (exact) mass is 299 g/mol. The maximum Gasteiger partial charge on any atom is 0.0483 e. The van der Waals surface area contributed by atoms with Gasteiger partial charge in [0, 0.05) is 37.9 Å². The predicted octanol–water partition coefficient (Wildman–Crippen LogP) is 3.40. The molecule has 0 spiro atoms. The van der Waals surface area contributed by atoms with Crippen LogP contribution in [0.3, 0.4) is 0 Å². The van der Waals surface area contributed by atoms with E-state index in [0.717, 1.165) is 13.1 Å². The van der Waals surface area contributed by atoms with Crippen molar-refractivity contribution in [3.05, 3.63) is 36.0 Å². The topological polar surface area (TPSA) is 11.4 Å². The summed E-state index contributed by atoms with van der Waals surface area (Å²) in [6, 6.07) is 9.15. The highest BCUT2D eigenvalue weighted by atomic mass is 15.2. The summed E-state index contributed by atoms with van der Waals surface area (Å²) < 4.78 is 2.43. The van der Waals surface area contributed by atoms with Crippen LogP contribution in [-0.4, -0.2) is 54.1 Å². The van der Waals surface area contributed by atoms with E-state index in [4.69, 9.17) is 0 Å². The number of nitrogens with zero attached hydrogens (tertiary/aromatic N) is 3. The molecule has 0 saturated carbocycles. The molecule has 3 nitrogen and oxygen atoms in total. The van der Waals surface area contributed by atoms with Gasteiger partial charge < -0.3 is 14.4 Å². The van der Waals surface area contributed by atoms with Gasteiger partial charge in [0.1, 0.15) is 0 Å². The Kier molecular flexibility index (Phi) is 4.84. The Hall–Kier alpha value is -1.32. The first-order valence-electron chi connectivity index (χ1n) is 8.63. The minimum absolute atomic E-state index is 0.592. The minimum Gasteiger partial charge on any atom is -0.346 e. The standard InChI is InChI=1S/C19H29N3/c1-16(2)18-6-5-17-7-10-22(19(17)15-18)14-13-21-9-4-8-20(3)11-12-21/h5-7,10,15-16H,4,8-9,11-14H2,1-3H3. The van der Waals surface area contributed by atoms with Crippen LogP contribution in [0.25, 0.3) is 10.9 Å². The van der Waals surface area contributed by atoms with Crippen LogP contribution in [0.5, 0.6) is 0 Å². The number of fused-ring (bicyclic) bond motifs is 1. The summed E-state index contributed by atoms with van der Waals surface area (Å²) in [6.07, 6.45) is 3.54. The van der Waals surface area contributed by atoms with Crippen molar-refractivity contribution in [1.29, 1.82) is 0 Å². The lowest BCUT2D eigenvalue weighted by Gasteiger charge is -2.20. The molecule has 3 heteroatoms. The Morgan fingerprint density at radius 2 is 1.86 bits per heavy atom. The molecule has 120 valence electrons. The third-order valence-electron chi connectivity index (χ3n) is 4.93. The summed E-state index contributed by atoms with van der Waals surface area (Å²) >= 11 is 0. The van der Waals surface area contributed by atoms with E-state index in [1.54, 1.807) is 0 Å². The minimum atomic E-state index is 0.592. The molecule has 0 amide bonds. The van der Waals surface area contributed by atoms with Gasteiger partial charge in [-0.2, -0.15) is 0 Å². The highest BCUT2D eigenvalue weighted by molar-refractivity contribution is 5.81. The van der Waals surface area contributed by atoms with Crippen LogP contribution in [0.1, 0.15) is 31.7 Å². The van der Waals surface area contributed by atoms with Crippen LogP contribution in [0, 0.1) is 0 Å². The lowest BCUT2D eigenvalue weighted by molar-refractivity contribution is 0.268. The highest BCUT2D eigenvalue weighted by Gasteiger charge is 2.12. The van der Waals surface area contributed by atoms with Crippen molar-refractivity contribution in [3.63, 3.8) is 0 Å². The quantitative estimate of drug-likeness (QED) is 0.857. The van der Waals surface area contributed by atoms with Gasteiger partial charge in [0.25, 0.3) is 0 Å². The second-order valence-electron chi connectivity index (χ2n) is 6.98. The number of hydrogen-bond acceptors (Lipinski definition) is 2. The Morgan fingerprint density at radius 3 is 2.68 bits per heavy atom. The molecule has 1 saturated heterocycles. The second kappa shape index (κ2) is 6.84. The van der Waals surface area contributed by atoms with Gasteiger partial charge in [-0.05, 0) is 55.6 Å². The molecule has 1 aromatic heterocycles. The van der Waals surface area contributed by atoms with Crippen molar-refractivity contribution in [2.75, 3.05) is 39.8 Å². The molecule has 2 heterocycles. The molecule has 22 heavy (non-hydrogen) atoms. The van der Waals surface area contributed by atoms with Crippen molar-refractivity contribution in [1.82, 2.24) is 14.4 Å². The SMILES string of the molecule is CC(C)c1ccc2ccn(CCN3CCCN(C)CC3)c2c1. The predicted molar refractivity (Wildman–Crippen MR) is 94.6 cm³/mol. The summed E-state index contributed by atoms with van der Waals surface area (Å²) in [7, 11) is 2.23. The molecule has 1 aliphatic rings. The van der Waals surface area contributed by atoms with E-state index >= 15 is 0 Å². The molecule has 0 bridgehead atoms. The van der Waals surface area contributed by atoms with Gasteiger partial charge in [-0.15, -0.1) is 0 Å². The molecular formula is C19H29N3. The normalized spacial score (nSPS) is 18.2. The molecule has 3 rings (SSSR count). The zero-order valence-electron chi connectivity index (χ0n) is 14.3. The summed E-state index contributed by atoms with van der Waals surface area (Å²) in [5, 5.41) is 1.36. The van der Waals surface area contributed by atoms with Gasteiger partial charge in [-0.25, -0.2) is 0 Å². The molecule has 0 aliphatic carbocycles. The first kappa shape index (κ1) is 15.6. The first-order chi connectivity index (χ1) is 10.6. The van der Waals surface area contributed by atoms with Gasteiger partial charge in [-0.3, -0.25) is 0 Å². The Balaban J connectivity index is 1.69. The van der Waals surface area contributed by atoms with Crippen LogP contribution in [0.15, 0.2) is 30.5 Å². The van der Waals surface area contributed by atoms with E-state index in [0.29, 0.717) is 5.92 Å². The van der Waals surface area contributed by atoms with Crippen molar-refractivity contribution < 1.29 is 0 Å². The molecule has 1 fully saturated rings. The average molecular weight is 299 g/mol. The molecule has 1 aliphatic heterocycles. The lowest BCUT2D eigenvalue weighted by Crippen LogP contribution is -2.31. The molecule has 0 atom stereocenters. The number of rotatable bonds is 4. The van der Waals surface area contributed by atoms with E-state index < -0.39 is 0 Å². The lowest BCUT2D eigenvalue weighted by atomic mass is 10.0. The molecule has 0 unspecified atom stereocenters. The van der Waals surface area contributed by atoms with Gasteiger partial charge >= 0.3 is 0 Å². The summed E-state index contributed by atoms with van der Waals surface area (Å²) in [4.78, 5) is 5.06. The van der Waals surface area contributed by atoms with E-state index in [-0.39, 0.29) is 0 Å². The van der Waals surface area contributed by atoms with Gasteiger partial charge in [0.05, 0.1) is 0 Å². The number of benzene rings is 1. The molecule has 2 aromatic rings. The van der Waals surface area contributed by atoms with Crippen molar-refractivity contribution >= 4 is 10.9 Å². The fourth-order valence-corrected chi connectivity index (χ4v) is 3.33. The van der Waals surface area contributed by atoms with E-state index in [1.807, 2.05) is 0 Å². The fraction of sp³-hybridized carbons (Fsp3) is 0.579. The highest BCUT2D eigenvalue weighted by Crippen LogP contribution is 2.22. The van der Waals surface area contributed by atoms with Crippen LogP contribution < -0.4 is 0 Å². The Bertz CT molecular complexity index is 614. The summed E-state index contributed by atoms with van der Waals surface area (Å²) in [5.74, 6) is 0.592. The van der Waals surface area contributed by atoms with E-state index in [1.165, 1.54) is 49.1 Å². The van der Waals surface area contributed by atoms with Gasteiger partial charge in [0.15, 0.2) is 0 Å². The van der Waals surface area contributed by atoms with Crippen LogP contribution in [0.4, 0.5) is 0 Å². The zero-order valence-corrected chi connectivity index (χ0v) is 14.3. The third-order valence-corrected chi connectivity index (χ3v) is 4.93. The third kappa shape index (κ3) is 3.53.